The van der Waals surface area contributed by atoms with Gasteiger partial charge < -0.3 is 15.2 Å². The Bertz CT molecular complexity index is 637. The number of hydrogen-bond acceptors (Lipinski definition) is 3. The lowest BCUT2D eigenvalue weighted by molar-refractivity contribution is -0.147. The zero-order valence-corrected chi connectivity index (χ0v) is 13.8. The highest BCUT2D eigenvalue weighted by Crippen LogP contribution is 2.48. The van der Waals surface area contributed by atoms with E-state index in [9.17, 15) is 14.7 Å². The van der Waals surface area contributed by atoms with E-state index < -0.39 is 17.8 Å². The summed E-state index contributed by atoms with van der Waals surface area (Å²) in [4.78, 5) is 24.0. The molecule has 0 saturated heterocycles. The first-order valence-corrected chi connectivity index (χ1v) is 8.50. The molecule has 1 fully saturated rings. The molecule has 5 nitrogen and oxygen atoms in total. The van der Waals surface area contributed by atoms with Crippen molar-refractivity contribution in [2.45, 2.75) is 26.3 Å². The number of allylic oxidation sites excluding steroid dienone is 2. The van der Waals surface area contributed by atoms with E-state index in [2.05, 4.69) is 12.2 Å². The molecule has 4 atom stereocenters. The Balaban J connectivity index is 1.57. The number of fused-ring (bicyclic) bond motifs is 2. The maximum absolute atomic E-state index is 12.5. The lowest BCUT2D eigenvalue weighted by Crippen LogP contribution is -2.39. The van der Waals surface area contributed by atoms with Crippen LogP contribution in [0.4, 0.5) is 0 Å². The van der Waals surface area contributed by atoms with Crippen molar-refractivity contribution in [2.75, 3.05) is 6.61 Å². The van der Waals surface area contributed by atoms with Crippen molar-refractivity contribution < 1.29 is 19.4 Å². The molecular formula is C19H23NO4. The summed E-state index contributed by atoms with van der Waals surface area (Å²) in [7, 11) is 0. The molecule has 0 radical (unpaired) electrons. The molecule has 0 spiro atoms. The molecule has 3 rings (SSSR count). The Morgan fingerprint density at radius 3 is 2.46 bits per heavy atom. The molecule has 1 aromatic carbocycles. The highest BCUT2D eigenvalue weighted by molar-refractivity contribution is 5.86. The van der Waals surface area contributed by atoms with Crippen molar-refractivity contribution in [1.82, 2.24) is 5.32 Å². The fraction of sp³-hybridized carbons (Fsp3) is 0.474. The molecule has 4 unspecified atom stereocenters. The third kappa shape index (κ3) is 3.30. The minimum atomic E-state index is -0.871. The van der Waals surface area contributed by atoms with Gasteiger partial charge in [-0.3, -0.25) is 9.59 Å². The van der Waals surface area contributed by atoms with Crippen LogP contribution in [-0.4, -0.2) is 23.6 Å². The third-order valence-corrected chi connectivity index (χ3v) is 4.91. The summed E-state index contributed by atoms with van der Waals surface area (Å²) in [6, 6.07) is 7.61. The first-order chi connectivity index (χ1) is 11.6. The minimum absolute atomic E-state index is 0.00162. The lowest BCUT2D eigenvalue weighted by Gasteiger charge is -2.23. The number of rotatable bonds is 7. The van der Waals surface area contributed by atoms with Gasteiger partial charge in [-0.05, 0) is 42.4 Å². The molecule has 2 N–H and O–H groups in total. The quantitative estimate of drug-likeness (QED) is 0.754. The number of carboxylic acid groups (broad SMARTS) is 1. The van der Waals surface area contributed by atoms with Gasteiger partial charge in [0.15, 0.2) is 0 Å². The van der Waals surface area contributed by atoms with E-state index in [1.165, 1.54) is 0 Å². The standard InChI is InChI=1S/C19H23NO4/c1-2-9-24-15-7-3-12(4-8-15)11-20-18(21)16-13-5-6-14(10-13)17(16)19(22)23/h3-8,13-14,16-17H,2,9-11H2,1H3,(H,20,21)(H,22,23). The first kappa shape index (κ1) is 16.6. The number of carboxylic acids is 1. The number of benzene rings is 1. The van der Waals surface area contributed by atoms with Gasteiger partial charge in [-0.1, -0.05) is 31.2 Å². The molecule has 128 valence electrons. The second-order valence-corrected chi connectivity index (χ2v) is 6.55. The van der Waals surface area contributed by atoms with E-state index >= 15 is 0 Å². The Kier molecular flexibility index (Phi) is 4.88. The molecule has 0 aromatic heterocycles. The number of ether oxygens (including phenoxy) is 1. The van der Waals surface area contributed by atoms with Crippen LogP contribution in [0.15, 0.2) is 36.4 Å². The number of carbonyl (C=O) groups excluding carboxylic acids is 1. The van der Waals surface area contributed by atoms with Gasteiger partial charge in [0.2, 0.25) is 5.91 Å². The SMILES string of the molecule is CCCOc1ccc(CNC(=O)C2C3C=CC(C3)C2C(=O)O)cc1. The van der Waals surface area contributed by atoms with Gasteiger partial charge in [0.05, 0.1) is 18.4 Å². The number of carbonyl (C=O) groups is 2. The van der Waals surface area contributed by atoms with E-state index in [1.54, 1.807) is 0 Å². The van der Waals surface area contributed by atoms with Crippen LogP contribution in [0, 0.1) is 23.7 Å². The van der Waals surface area contributed by atoms with Crippen LogP contribution in [0.25, 0.3) is 0 Å². The molecule has 24 heavy (non-hydrogen) atoms. The number of amides is 1. The molecule has 2 bridgehead atoms. The highest BCUT2D eigenvalue weighted by Gasteiger charge is 2.51. The van der Waals surface area contributed by atoms with E-state index in [0.29, 0.717) is 13.2 Å². The fourth-order valence-corrected chi connectivity index (χ4v) is 3.75. The van der Waals surface area contributed by atoms with Crippen molar-refractivity contribution in [1.29, 1.82) is 0 Å². The second kappa shape index (κ2) is 7.07. The lowest BCUT2D eigenvalue weighted by atomic mass is 9.82. The summed E-state index contributed by atoms with van der Waals surface area (Å²) >= 11 is 0. The maximum Gasteiger partial charge on any atom is 0.307 e. The average molecular weight is 329 g/mol. The molecular weight excluding hydrogens is 306 g/mol. The molecule has 2 aliphatic carbocycles. The van der Waals surface area contributed by atoms with Crippen LogP contribution in [0.2, 0.25) is 0 Å². The summed E-state index contributed by atoms with van der Waals surface area (Å²) in [5, 5.41) is 12.3. The Morgan fingerprint density at radius 1 is 1.17 bits per heavy atom. The van der Waals surface area contributed by atoms with Crippen molar-refractivity contribution in [2.24, 2.45) is 23.7 Å². The molecule has 0 aliphatic heterocycles. The molecule has 1 amide bonds. The molecule has 1 saturated carbocycles. The topological polar surface area (TPSA) is 75.6 Å². The van der Waals surface area contributed by atoms with Gasteiger partial charge in [0.1, 0.15) is 5.75 Å². The van der Waals surface area contributed by atoms with Gasteiger partial charge in [0, 0.05) is 6.54 Å². The largest absolute Gasteiger partial charge is 0.494 e. The summed E-state index contributed by atoms with van der Waals surface area (Å²) in [6.07, 6.45) is 5.68. The van der Waals surface area contributed by atoms with Gasteiger partial charge in [0.25, 0.3) is 0 Å². The van der Waals surface area contributed by atoms with Crippen molar-refractivity contribution in [3.8, 4) is 5.75 Å². The van der Waals surface area contributed by atoms with Gasteiger partial charge in [-0.15, -0.1) is 0 Å². The fourth-order valence-electron chi connectivity index (χ4n) is 3.75. The highest BCUT2D eigenvalue weighted by atomic mass is 16.5. The Labute approximate surface area is 141 Å². The maximum atomic E-state index is 12.5. The normalized spacial score (nSPS) is 27.2. The number of aliphatic carboxylic acids is 1. The van der Waals surface area contributed by atoms with Gasteiger partial charge in [-0.2, -0.15) is 0 Å². The second-order valence-electron chi connectivity index (χ2n) is 6.55. The minimum Gasteiger partial charge on any atom is -0.494 e. The van der Waals surface area contributed by atoms with Crippen LogP contribution < -0.4 is 10.1 Å². The van der Waals surface area contributed by atoms with E-state index in [-0.39, 0.29) is 17.7 Å². The summed E-state index contributed by atoms with van der Waals surface area (Å²) in [5.74, 6) is -1.21. The van der Waals surface area contributed by atoms with Crippen LogP contribution >= 0.6 is 0 Å². The van der Waals surface area contributed by atoms with Gasteiger partial charge in [-0.25, -0.2) is 0 Å². The number of nitrogens with one attached hydrogen (secondary N) is 1. The van der Waals surface area contributed by atoms with Crippen LogP contribution in [-0.2, 0) is 16.1 Å². The van der Waals surface area contributed by atoms with E-state index in [4.69, 9.17) is 4.74 Å². The molecule has 5 heteroatoms. The predicted molar refractivity (Wildman–Crippen MR) is 89.4 cm³/mol. The average Bonchev–Trinajstić information content (AvgIpc) is 3.20. The Hall–Kier alpha value is -2.30. The summed E-state index contributed by atoms with van der Waals surface area (Å²) < 4.78 is 5.53. The molecule has 2 aliphatic rings. The zero-order valence-electron chi connectivity index (χ0n) is 13.8. The van der Waals surface area contributed by atoms with E-state index in [0.717, 1.165) is 24.2 Å². The van der Waals surface area contributed by atoms with E-state index in [1.807, 2.05) is 36.4 Å². The smallest absolute Gasteiger partial charge is 0.307 e. The predicted octanol–water partition coefficient (Wildman–Crippen LogP) is 2.61. The molecule has 1 aromatic rings. The zero-order chi connectivity index (χ0) is 17.1. The van der Waals surface area contributed by atoms with Gasteiger partial charge >= 0.3 is 5.97 Å². The van der Waals surface area contributed by atoms with Crippen LogP contribution in [0.3, 0.4) is 0 Å². The van der Waals surface area contributed by atoms with Crippen LogP contribution in [0.1, 0.15) is 25.3 Å². The first-order valence-electron chi connectivity index (χ1n) is 8.50. The van der Waals surface area contributed by atoms with Crippen molar-refractivity contribution in [3.05, 3.63) is 42.0 Å². The monoisotopic (exact) mass is 329 g/mol. The Morgan fingerprint density at radius 2 is 1.83 bits per heavy atom. The van der Waals surface area contributed by atoms with Crippen LogP contribution in [0.5, 0.6) is 5.75 Å². The molecule has 0 heterocycles. The van der Waals surface area contributed by atoms with Crippen molar-refractivity contribution in [3.63, 3.8) is 0 Å². The number of hydrogen-bond donors (Lipinski definition) is 2. The van der Waals surface area contributed by atoms with Crippen molar-refractivity contribution >= 4 is 11.9 Å². The summed E-state index contributed by atoms with van der Waals surface area (Å²) in [6.45, 7) is 3.14. The summed E-state index contributed by atoms with van der Waals surface area (Å²) in [5.41, 5.74) is 0.970. The third-order valence-electron chi connectivity index (χ3n) is 4.91.